The fourth-order valence-electron chi connectivity index (χ4n) is 1.62. The third-order valence-electron chi connectivity index (χ3n) is 2.83. The van der Waals surface area contributed by atoms with E-state index in [1.807, 2.05) is 6.07 Å². The lowest BCUT2D eigenvalue weighted by Crippen LogP contribution is -2.21. The number of carbonyl (C=O) groups excluding carboxylic acids is 1. The number of unbranched alkanes of at least 4 members (excludes halogenated alkanes) is 1. The Morgan fingerprint density at radius 3 is 2.65 bits per heavy atom. The van der Waals surface area contributed by atoms with Gasteiger partial charge in [-0.25, -0.2) is 4.98 Å². The Balaban J connectivity index is 2.23. The zero-order valence-corrected chi connectivity index (χ0v) is 12.7. The zero-order chi connectivity index (χ0) is 14.8. The van der Waals surface area contributed by atoms with Gasteiger partial charge in [0.25, 0.3) is 5.91 Å². The second-order valence-electron chi connectivity index (χ2n) is 4.88. The van der Waals surface area contributed by atoms with Crippen LogP contribution in [-0.2, 0) is 4.74 Å². The number of anilines is 1. The van der Waals surface area contributed by atoms with Gasteiger partial charge >= 0.3 is 0 Å². The molecule has 0 saturated carbocycles. The Hall–Kier alpha value is -1.62. The molecule has 0 bridgehead atoms. The summed E-state index contributed by atoms with van der Waals surface area (Å²) in [5.41, 5.74) is 0.600. The quantitative estimate of drug-likeness (QED) is 0.705. The average molecular weight is 279 g/mol. The molecule has 1 heterocycles. The van der Waals surface area contributed by atoms with Crippen LogP contribution in [0.15, 0.2) is 18.3 Å². The monoisotopic (exact) mass is 279 g/mol. The molecule has 1 N–H and O–H groups in total. The van der Waals surface area contributed by atoms with Gasteiger partial charge in [-0.1, -0.05) is 13.3 Å². The first-order valence-electron chi connectivity index (χ1n) is 7.14. The minimum Gasteiger partial charge on any atom is -0.381 e. The highest BCUT2D eigenvalue weighted by atomic mass is 16.5. The molecule has 0 saturated heterocycles. The third kappa shape index (κ3) is 6.02. The first-order chi connectivity index (χ1) is 9.65. The minimum absolute atomic E-state index is 0.0339. The number of aromatic nitrogens is 1. The van der Waals surface area contributed by atoms with Crippen LogP contribution in [0.4, 0.5) is 5.82 Å². The van der Waals surface area contributed by atoms with Crippen molar-refractivity contribution in [3.8, 4) is 0 Å². The topological polar surface area (TPSA) is 54.5 Å². The first kappa shape index (κ1) is 16.4. The largest absolute Gasteiger partial charge is 0.381 e. The lowest BCUT2D eigenvalue weighted by Gasteiger charge is -2.10. The van der Waals surface area contributed by atoms with E-state index in [1.54, 1.807) is 26.4 Å². The van der Waals surface area contributed by atoms with E-state index in [4.69, 9.17) is 4.74 Å². The van der Waals surface area contributed by atoms with E-state index in [2.05, 4.69) is 17.2 Å². The highest BCUT2D eigenvalue weighted by Crippen LogP contribution is 2.06. The lowest BCUT2D eigenvalue weighted by atomic mass is 10.2. The molecule has 1 aromatic rings. The lowest BCUT2D eigenvalue weighted by molar-refractivity contribution is 0.0827. The molecule has 1 amide bonds. The number of nitrogens with one attached hydrogen (secondary N) is 1. The molecule has 0 aliphatic carbocycles. The van der Waals surface area contributed by atoms with Crippen molar-refractivity contribution in [1.82, 2.24) is 9.88 Å². The number of ether oxygens (including phenoxy) is 1. The number of hydrogen-bond acceptors (Lipinski definition) is 4. The van der Waals surface area contributed by atoms with E-state index in [0.29, 0.717) is 5.56 Å². The molecule has 0 atom stereocenters. The van der Waals surface area contributed by atoms with E-state index in [9.17, 15) is 4.79 Å². The fourth-order valence-corrected chi connectivity index (χ4v) is 1.62. The van der Waals surface area contributed by atoms with Gasteiger partial charge in [-0.05, 0) is 25.0 Å². The van der Waals surface area contributed by atoms with Crippen molar-refractivity contribution in [2.45, 2.75) is 26.2 Å². The van der Waals surface area contributed by atoms with Crippen molar-refractivity contribution >= 4 is 11.7 Å². The summed E-state index contributed by atoms with van der Waals surface area (Å²) in [6.07, 6.45) is 4.84. The summed E-state index contributed by atoms with van der Waals surface area (Å²) in [6.45, 7) is 4.59. The van der Waals surface area contributed by atoms with Gasteiger partial charge < -0.3 is 15.0 Å². The summed E-state index contributed by atoms with van der Waals surface area (Å²) in [6, 6.07) is 3.62. The van der Waals surface area contributed by atoms with Gasteiger partial charge in [0.1, 0.15) is 5.82 Å². The normalized spacial score (nSPS) is 10.3. The molecule has 0 unspecified atom stereocenters. The van der Waals surface area contributed by atoms with Crippen LogP contribution in [0, 0.1) is 0 Å². The Bertz CT molecular complexity index is 391. The van der Waals surface area contributed by atoms with E-state index in [0.717, 1.165) is 38.4 Å². The van der Waals surface area contributed by atoms with Crippen molar-refractivity contribution in [2.24, 2.45) is 0 Å². The Morgan fingerprint density at radius 1 is 1.30 bits per heavy atom. The Labute approximate surface area is 121 Å². The van der Waals surface area contributed by atoms with Gasteiger partial charge in [-0.3, -0.25) is 4.79 Å². The predicted molar refractivity (Wildman–Crippen MR) is 81.1 cm³/mol. The minimum atomic E-state index is -0.0339. The van der Waals surface area contributed by atoms with Crippen LogP contribution in [0.5, 0.6) is 0 Å². The van der Waals surface area contributed by atoms with E-state index in [-0.39, 0.29) is 5.91 Å². The molecule has 0 aliphatic rings. The highest BCUT2D eigenvalue weighted by molar-refractivity contribution is 5.93. The van der Waals surface area contributed by atoms with Gasteiger partial charge in [-0.2, -0.15) is 0 Å². The van der Waals surface area contributed by atoms with Gasteiger partial charge in [0.15, 0.2) is 0 Å². The third-order valence-corrected chi connectivity index (χ3v) is 2.83. The van der Waals surface area contributed by atoms with Gasteiger partial charge in [-0.15, -0.1) is 0 Å². The van der Waals surface area contributed by atoms with E-state index >= 15 is 0 Å². The molecule has 5 heteroatoms. The maximum atomic E-state index is 11.7. The molecule has 112 valence electrons. The summed E-state index contributed by atoms with van der Waals surface area (Å²) >= 11 is 0. The second kappa shape index (κ2) is 9.31. The second-order valence-corrected chi connectivity index (χ2v) is 4.88. The number of pyridine rings is 1. The van der Waals surface area contributed by atoms with Gasteiger partial charge in [0.05, 0.1) is 5.56 Å². The summed E-state index contributed by atoms with van der Waals surface area (Å²) < 4.78 is 5.48. The number of rotatable bonds is 9. The number of amides is 1. The molecule has 1 aromatic heterocycles. The standard InChI is InChI=1S/C15H25N3O2/c1-4-5-10-20-11-6-9-16-14-8-7-13(12-17-14)15(19)18(2)3/h7-8,12H,4-6,9-11H2,1-3H3,(H,16,17). The van der Waals surface area contributed by atoms with Crippen LogP contribution >= 0.6 is 0 Å². The summed E-state index contributed by atoms with van der Waals surface area (Å²) in [5, 5.41) is 3.21. The van der Waals surface area contributed by atoms with Crippen LogP contribution in [0.1, 0.15) is 36.5 Å². The molecule has 1 rings (SSSR count). The van der Waals surface area contributed by atoms with Crippen LogP contribution in [0.2, 0.25) is 0 Å². The number of carbonyl (C=O) groups is 1. The molecule has 0 aliphatic heterocycles. The highest BCUT2D eigenvalue weighted by Gasteiger charge is 2.07. The van der Waals surface area contributed by atoms with Crippen LogP contribution < -0.4 is 5.32 Å². The number of hydrogen-bond donors (Lipinski definition) is 1. The zero-order valence-electron chi connectivity index (χ0n) is 12.7. The molecule has 0 fully saturated rings. The molecule has 0 spiro atoms. The Kier molecular flexibility index (Phi) is 7.65. The molecule has 5 nitrogen and oxygen atoms in total. The number of nitrogens with zero attached hydrogens (tertiary/aromatic N) is 2. The molecular weight excluding hydrogens is 254 g/mol. The van der Waals surface area contributed by atoms with Crippen molar-refractivity contribution in [3.63, 3.8) is 0 Å². The maximum absolute atomic E-state index is 11.7. The summed E-state index contributed by atoms with van der Waals surface area (Å²) in [5.74, 6) is 0.752. The van der Waals surface area contributed by atoms with E-state index < -0.39 is 0 Å². The maximum Gasteiger partial charge on any atom is 0.254 e. The average Bonchev–Trinajstić information content (AvgIpc) is 2.46. The smallest absolute Gasteiger partial charge is 0.254 e. The van der Waals surface area contributed by atoms with Gasteiger partial charge in [0.2, 0.25) is 0 Å². The van der Waals surface area contributed by atoms with Crippen molar-refractivity contribution < 1.29 is 9.53 Å². The van der Waals surface area contributed by atoms with Gasteiger partial charge in [0, 0.05) is 40.1 Å². The van der Waals surface area contributed by atoms with Crippen LogP contribution in [-0.4, -0.2) is 49.6 Å². The molecule has 0 aromatic carbocycles. The van der Waals surface area contributed by atoms with Crippen molar-refractivity contribution in [3.05, 3.63) is 23.9 Å². The molecular formula is C15H25N3O2. The molecule has 20 heavy (non-hydrogen) atoms. The van der Waals surface area contributed by atoms with E-state index in [1.165, 1.54) is 11.3 Å². The summed E-state index contributed by atoms with van der Waals surface area (Å²) in [4.78, 5) is 17.5. The molecule has 0 radical (unpaired) electrons. The van der Waals surface area contributed by atoms with Crippen LogP contribution in [0.3, 0.4) is 0 Å². The predicted octanol–water partition coefficient (Wildman–Crippen LogP) is 2.40. The van der Waals surface area contributed by atoms with Crippen LogP contribution in [0.25, 0.3) is 0 Å². The summed E-state index contributed by atoms with van der Waals surface area (Å²) in [7, 11) is 3.46. The first-order valence-corrected chi connectivity index (χ1v) is 7.14. The Morgan fingerprint density at radius 2 is 2.05 bits per heavy atom. The SMILES string of the molecule is CCCCOCCCNc1ccc(C(=O)N(C)C)cn1. The fraction of sp³-hybridized carbons (Fsp3) is 0.600. The van der Waals surface area contributed by atoms with Crippen molar-refractivity contribution in [1.29, 1.82) is 0 Å². The van der Waals surface area contributed by atoms with Crippen molar-refractivity contribution in [2.75, 3.05) is 39.2 Å².